The molecule has 2 atom stereocenters. The van der Waals surface area contributed by atoms with Crippen LogP contribution in [0.3, 0.4) is 0 Å². The number of benzene rings is 1. The summed E-state index contributed by atoms with van der Waals surface area (Å²) in [5.74, 6) is 1.03. The van der Waals surface area contributed by atoms with E-state index in [1.165, 1.54) is 5.56 Å². The lowest BCUT2D eigenvalue weighted by molar-refractivity contribution is 0.0867. The van der Waals surface area contributed by atoms with Crippen LogP contribution in [0.15, 0.2) is 18.2 Å². The molecule has 0 N–H and O–H groups in total. The largest absolute Gasteiger partial charge is 0.384 e. The molecular formula is C14H20BrCl2NO. The molecule has 1 fully saturated rings. The highest BCUT2D eigenvalue weighted by atomic mass is 79.9. The number of likely N-dealkylation sites (tertiary alicyclic amines) is 1. The number of ether oxygens (including phenoxy) is 1. The molecule has 0 spiro atoms. The normalized spacial score (nSPS) is 24.0. The summed E-state index contributed by atoms with van der Waals surface area (Å²) in [5, 5.41) is 1.26. The first-order chi connectivity index (χ1) is 8.61. The highest BCUT2D eigenvalue weighted by Gasteiger charge is 2.29. The molecule has 1 aliphatic rings. The van der Waals surface area contributed by atoms with Gasteiger partial charge in [0.2, 0.25) is 0 Å². The molecule has 5 heteroatoms. The van der Waals surface area contributed by atoms with Crippen LogP contribution in [-0.4, -0.2) is 38.8 Å². The number of hydrogen-bond acceptors (Lipinski definition) is 2. The Balaban J connectivity index is 0.00000180. The van der Waals surface area contributed by atoms with Crippen LogP contribution in [-0.2, 0) is 4.74 Å². The summed E-state index contributed by atoms with van der Waals surface area (Å²) in [5.41, 5.74) is 1.28. The van der Waals surface area contributed by atoms with Gasteiger partial charge in [-0.1, -0.05) is 29.3 Å². The van der Waals surface area contributed by atoms with Gasteiger partial charge in [-0.3, -0.25) is 0 Å². The Morgan fingerprint density at radius 2 is 2.05 bits per heavy atom. The van der Waals surface area contributed by atoms with Crippen molar-refractivity contribution < 1.29 is 4.74 Å². The Morgan fingerprint density at radius 3 is 2.68 bits per heavy atom. The molecule has 0 bridgehead atoms. The van der Waals surface area contributed by atoms with Crippen LogP contribution in [0.5, 0.6) is 0 Å². The Morgan fingerprint density at radius 1 is 1.32 bits per heavy atom. The van der Waals surface area contributed by atoms with Gasteiger partial charge in [0.25, 0.3) is 0 Å². The Labute approximate surface area is 135 Å². The van der Waals surface area contributed by atoms with Gasteiger partial charge < -0.3 is 9.64 Å². The molecule has 0 amide bonds. The zero-order chi connectivity index (χ0) is 13.1. The summed E-state index contributed by atoms with van der Waals surface area (Å²) in [4.78, 5) is 2.36. The average Bonchev–Trinajstić information content (AvgIpc) is 2.34. The topological polar surface area (TPSA) is 12.5 Å². The number of rotatable bonds is 3. The van der Waals surface area contributed by atoms with Gasteiger partial charge in [0.05, 0.1) is 16.7 Å². The summed E-state index contributed by atoms with van der Waals surface area (Å²) in [6.07, 6.45) is 1.14. The van der Waals surface area contributed by atoms with Crippen LogP contribution < -0.4 is 0 Å². The van der Waals surface area contributed by atoms with Crippen LogP contribution in [0.25, 0.3) is 0 Å². The van der Waals surface area contributed by atoms with Crippen LogP contribution in [0.4, 0.5) is 0 Å². The van der Waals surface area contributed by atoms with Crippen molar-refractivity contribution in [3.05, 3.63) is 33.8 Å². The van der Waals surface area contributed by atoms with Gasteiger partial charge in [0, 0.05) is 19.6 Å². The molecule has 1 aromatic carbocycles. The number of methoxy groups -OCH3 is 1. The third-order valence-electron chi connectivity index (χ3n) is 3.69. The lowest BCUT2D eigenvalue weighted by Crippen LogP contribution is -2.39. The fourth-order valence-electron chi connectivity index (χ4n) is 2.78. The number of hydrogen-bond donors (Lipinski definition) is 0. The van der Waals surface area contributed by atoms with E-state index >= 15 is 0 Å². The maximum absolute atomic E-state index is 6.11. The molecule has 0 radical (unpaired) electrons. The van der Waals surface area contributed by atoms with E-state index in [4.69, 9.17) is 27.9 Å². The van der Waals surface area contributed by atoms with Crippen LogP contribution >= 0.6 is 40.2 Å². The zero-order valence-corrected chi connectivity index (χ0v) is 14.5. The number of piperidine rings is 1. The summed E-state index contributed by atoms with van der Waals surface area (Å²) < 4.78 is 5.35. The first-order valence-corrected chi connectivity index (χ1v) is 7.00. The molecule has 2 rings (SSSR count). The van der Waals surface area contributed by atoms with Gasteiger partial charge in [-0.2, -0.15) is 0 Å². The Kier molecular flexibility index (Phi) is 7.12. The van der Waals surface area contributed by atoms with Crippen molar-refractivity contribution in [2.75, 3.05) is 33.9 Å². The molecule has 19 heavy (non-hydrogen) atoms. The third-order valence-corrected chi connectivity index (χ3v) is 4.43. The minimum absolute atomic E-state index is 0. The quantitative estimate of drug-likeness (QED) is 0.790. The van der Waals surface area contributed by atoms with Crippen molar-refractivity contribution in [3.8, 4) is 0 Å². The van der Waals surface area contributed by atoms with E-state index in [-0.39, 0.29) is 17.0 Å². The Bertz CT molecular complexity index is 416. The van der Waals surface area contributed by atoms with Gasteiger partial charge in [-0.25, -0.2) is 0 Å². The third kappa shape index (κ3) is 4.33. The fraction of sp³-hybridized carbons (Fsp3) is 0.571. The second kappa shape index (κ2) is 7.84. The van der Waals surface area contributed by atoms with E-state index in [9.17, 15) is 0 Å². The standard InChI is InChI=1S/C14H19Cl2NO.BrH/c1-17-6-5-12(11(8-17)9-18-2)10-3-4-13(15)14(16)7-10;/h3-4,7,11-12H,5-6,8-9H2,1-2H3;1H/t11-,12+;/m0./s1. The lowest BCUT2D eigenvalue weighted by atomic mass is 9.81. The van der Waals surface area contributed by atoms with Crippen molar-refractivity contribution in [3.63, 3.8) is 0 Å². The smallest absolute Gasteiger partial charge is 0.0595 e. The van der Waals surface area contributed by atoms with Gasteiger partial charge in [0.15, 0.2) is 0 Å². The minimum Gasteiger partial charge on any atom is -0.384 e. The maximum atomic E-state index is 6.11. The first-order valence-electron chi connectivity index (χ1n) is 6.24. The van der Waals surface area contributed by atoms with Gasteiger partial charge in [-0.05, 0) is 43.6 Å². The van der Waals surface area contributed by atoms with Crippen LogP contribution in [0.2, 0.25) is 10.0 Å². The van der Waals surface area contributed by atoms with Crippen LogP contribution in [0.1, 0.15) is 17.9 Å². The number of nitrogens with zero attached hydrogens (tertiary/aromatic N) is 1. The van der Waals surface area contributed by atoms with E-state index in [0.29, 0.717) is 21.9 Å². The minimum atomic E-state index is 0. The van der Waals surface area contributed by atoms with E-state index in [1.807, 2.05) is 12.1 Å². The van der Waals surface area contributed by atoms with E-state index in [1.54, 1.807) is 7.11 Å². The molecule has 108 valence electrons. The monoisotopic (exact) mass is 367 g/mol. The summed E-state index contributed by atoms with van der Waals surface area (Å²) in [7, 11) is 3.92. The first kappa shape index (κ1) is 17.3. The lowest BCUT2D eigenvalue weighted by Gasteiger charge is -2.36. The second-order valence-electron chi connectivity index (χ2n) is 5.05. The van der Waals surface area contributed by atoms with Crippen molar-refractivity contribution in [1.29, 1.82) is 0 Å². The predicted molar refractivity (Wildman–Crippen MR) is 87.0 cm³/mol. The Hall–Kier alpha value is 0.200. The van der Waals surface area contributed by atoms with Crippen molar-refractivity contribution in [2.24, 2.45) is 5.92 Å². The fourth-order valence-corrected chi connectivity index (χ4v) is 3.09. The molecule has 0 unspecified atom stereocenters. The van der Waals surface area contributed by atoms with E-state index in [0.717, 1.165) is 26.1 Å². The second-order valence-corrected chi connectivity index (χ2v) is 5.86. The van der Waals surface area contributed by atoms with E-state index in [2.05, 4.69) is 18.0 Å². The van der Waals surface area contributed by atoms with Crippen molar-refractivity contribution in [2.45, 2.75) is 12.3 Å². The molecule has 1 aromatic rings. The zero-order valence-electron chi connectivity index (χ0n) is 11.2. The molecule has 1 aliphatic heterocycles. The molecule has 0 saturated carbocycles. The van der Waals surface area contributed by atoms with Crippen molar-refractivity contribution in [1.82, 2.24) is 4.90 Å². The average molecular weight is 369 g/mol. The number of halogens is 3. The summed E-state index contributed by atoms with van der Waals surface area (Å²) >= 11 is 12.1. The van der Waals surface area contributed by atoms with Crippen LogP contribution in [0, 0.1) is 5.92 Å². The summed E-state index contributed by atoms with van der Waals surface area (Å²) in [6, 6.07) is 5.98. The van der Waals surface area contributed by atoms with Crippen molar-refractivity contribution >= 4 is 40.2 Å². The molecule has 1 saturated heterocycles. The highest BCUT2D eigenvalue weighted by Crippen LogP contribution is 2.35. The van der Waals surface area contributed by atoms with E-state index < -0.39 is 0 Å². The SMILES string of the molecule is Br.COC[C@@H]1CN(C)CC[C@@H]1c1ccc(Cl)c(Cl)c1. The molecule has 2 nitrogen and oxygen atoms in total. The van der Waals surface area contributed by atoms with Gasteiger partial charge in [-0.15, -0.1) is 17.0 Å². The molecular weight excluding hydrogens is 349 g/mol. The van der Waals surface area contributed by atoms with Gasteiger partial charge >= 0.3 is 0 Å². The highest BCUT2D eigenvalue weighted by molar-refractivity contribution is 8.93. The molecule has 1 heterocycles. The maximum Gasteiger partial charge on any atom is 0.0595 e. The predicted octanol–water partition coefficient (Wildman–Crippen LogP) is 4.25. The molecule has 0 aliphatic carbocycles. The van der Waals surface area contributed by atoms with Gasteiger partial charge in [0.1, 0.15) is 0 Å². The summed E-state index contributed by atoms with van der Waals surface area (Å²) in [6.45, 7) is 2.97. The molecule has 0 aromatic heterocycles.